The summed E-state index contributed by atoms with van der Waals surface area (Å²) in [7, 11) is 0. The van der Waals surface area contributed by atoms with E-state index >= 15 is 0 Å². The Balaban J connectivity index is 1.92. The first-order valence-electron chi connectivity index (χ1n) is 7.37. The fourth-order valence-electron chi connectivity index (χ4n) is 2.46. The second kappa shape index (κ2) is 7.09. The van der Waals surface area contributed by atoms with Crippen molar-refractivity contribution in [3.8, 4) is 0 Å². The van der Waals surface area contributed by atoms with E-state index in [4.69, 9.17) is 4.74 Å². The molecule has 1 amide bonds. The maximum atomic E-state index is 11.7. The van der Waals surface area contributed by atoms with Gasteiger partial charge in [-0.1, -0.05) is 25.2 Å². The van der Waals surface area contributed by atoms with Crippen LogP contribution in [0, 0.1) is 0 Å². The third-order valence-electron chi connectivity index (χ3n) is 3.60. The maximum absolute atomic E-state index is 11.7. The van der Waals surface area contributed by atoms with Crippen LogP contribution in [0.5, 0.6) is 0 Å². The van der Waals surface area contributed by atoms with Crippen LogP contribution in [0.15, 0.2) is 4.79 Å². The van der Waals surface area contributed by atoms with Crippen LogP contribution in [0.4, 0.5) is 4.79 Å². The number of aromatic amines is 1. The summed E-state index contributed by atoms with van der Waals surface area (Å²) in [5.41, 5.74) is 1.04. The van der Waals surface area contributed by atoms with E-state index in [9.17, 15) is 9.59 Å². The average molecular weight is 313 g/mol. The molecule has 1 aromatic heterocycles. The lowest BCUT2D eigenvalue weighted by Crippen LogP contribution is -2.48. The fraction of sp³-hybridized carbons (Fsp3) is 0.714. The summed E-state index contributed by atoms with van der Waals surface area (Å²) < 4.78 is 5.01. The predicted octanol–water partition coefficient (Wildman–Crippen LogP) is 1.83. The van der Waals surface area contributed by atoms with Crippen molar-refractivity contribution >= 4 is 17.4 Å². The highest BCUT2D eigenvalue weighted by molar-refractivity contribution is 7.09. The lowest BCUT2D eigenvalue weighted by molar-refractivity contribution is 0.0780. The van der Waals surface area contributed by atoms with Crippen LogP contribution in [-0.2, 0) is 11.3 Å². The van der Waals surface area contributed by atoms with E-state index in [0.29, 0.717) is 25.6 Å². The third-order valence-corrected chi connectivity index (χ3v) is 4.48. The molecule has 0 atom stereocenters. The number of thiazole rings is 1. The van der Waals surface area contributed by atoms with Gasteiger partial charge in [-0.25, -0.2) is 4.79 Å². The molecule has 1 N–H and O–H groups in total. The van der Waals surface area contributed by atoms with Gasteiger partial charge in [0, 0.05) is 43.3 Å². The van der Waals surface area contributed by atoms with Gasteiger partial charge in [-0.2, -0.15) is 0 Å². The van der Waals surface area contributed by atoms with Gasteiger partial charge in [-0.15, -0.1) is 0 Å². The summed E-state index contributed by atoms with van der Waals surface area (Å²) in [5.74, 6) is 0.319. The second-order valence-electron chi connectivity index (χ2n) is 5.47. The molecule has 0 unspecified atom stereocenters. The first kappa shape index (κ1) is 16.0. The highest BCUT2D eigenvalue weighted by atomic mass is 32.1. The van der Waals surface area contributed by atoms with Crippen LogP contribution < -0.4 is 4.87 Å². The van der Waals surface area contributed by atoms with Crippen molar-refractivity contribution < 1.29 is 9.53 Å². The Morgan fingerprint density at radius 2 is 2.00 bits per heavy atom. The summed E-state index contributed by atoms with van der Waals surface area (Å²) >= 11 is 1.29. The number of rotatable bonds is 4. The molecule has 6 nitrogen and oxygen atoms in total. The standard InChI is InChI=1S/C14H23N3O3S/c1-4-20-14(19)17-7-5-16(6-8-17)9-11-12(10(2)3)15-13(18)21-11/h10H,4-9H2,1-3H3,(H,15,18). The van der Waals surface area contributed by atoms with Crippen LogP contribution in [-0.4, -0.2) is 53.7 Å². The number of aromatic nitrogens is 1. The molecule has 0 aliphatic carbocycles. The molecule has 118 valence electrons. The number of ether oxygens (including phenoxy) is 1. The monoisotopic (exact) mass is 313 g/mol. The number of H-pyrrole nitrogens is 1. The van der Waals surface area contributed by atoms with Gasteiger partial charge in [0.15, 0.2) is 0 Å². The number of amides is 1. The highest BCUT2D eigenvalue weighted by Gasteiger charge is 2.23. The largest absolute Gasteiger partial charge is 0.450 e. The van der Waals surface area contributed by atoms with E-state index in [-0.39, 0.29) is 11.0 Å². The van der Waals surface area contributed by atoms with Gasteiger partial charge in [-0.05, 0) is 12.8 Å². The minimum absolute atomic E-state index is 0.0128. The molecule has 1 aliphatic rings. The lowest BCUT2D eigenvalue weighted by Gasteiger charge is -2.33. The molecular weight excluding hydrogens is 290 g/mol. The Hall–Kier alpha value is -1.34. The number of carbonyl (C=O) groups excluding carboxylic acids is 1. The zero-order valence-electron chi connectivity index (χ0n) is 12.8. The van der Waals surface area contributed by atoms with Crippen molar-refractivity contribution in [1.29, 1.82) is 0 Å². The van der Waals surface area contributed by atoms with Gasteiger partial charge in [0.25, 0.3) is 0 Å². The average Bonchev–Trinajstić information content (AvgIpc) is 2.81. The topological polar surface area (TPSA) is 65.6 Å². The van der Waals surface area contributed by atoms with Gasteiger partial charge >= 0.3 is 11.0 Å². The van der Waals surface area contributed by atoms with Gasteiger partial charge in [0.2, 0.25) is 0 Å². The van der Waals surface area contributed by atoms with E-state index in [1.54, 1.807) is 4.90 Å². The second-order valence-corrected chi connectivity index (χ2v) is 6.54. The van der Waals surface area contributed by atoms with E-state index in [2.05, 4.69) is 23.7 Å². The third kappa shape index (κ3) is 4.07. The Labute approximate surface area is 128 Å². The van der Waals surface area contributed by atoms with Crippen molar-refractivity contribution in [3.05, 3.63) is 20.2 Å². The number of carbonyl (C=O) groups is 1. The van der Waals surface area contributed by atoms with Crippen molar-refractivity contribution in [2.24, 2.45) is 0 Å². The van der Waals surface area contributed by atoms with E-state index in [1.165, 1.54) is 11.3 Å². The smallest absolute Gasteiger partial charge is 0.409 e. The first-order valence-corrected chi connectivity index (χ1v) is 8.18. The van der Waals surface area contributed by atoms with E-state index in [0.717, 1.165) is 30.2 Å². The van der Waals surface area contributed by atoms with Crippen LogP contribution in [0.1, 0.15) is 37.3 Å². The lowest BCUT2D eigenvalue weighted by atomic mass is 10.1. The molecule has 21 heavy (non-hydrogen) atoms. The van der Waals surface area contributed by atoms with Gasteiger partial charge in [0.05, 0.1) is 6.61 Å². The van der Waals surface area contributed by atoms with Crippen LogP contribution in [0.25, 0.3) is 0 Å². The molecule has 0 aromatic carbocycles. The van der Waals surface area contributed by atoms with Crippen LogP contribution in [0.2, 0.25) is 0 Å². The molecule has 1 saturated heterocycles. The maximum Gasteiger partial charge on any atom is 0.409 e. The number of nitrogens with one attached hydrogen (secondary N) is 1. The summed E-state index contributed by atoms with van der Waals surface area (Å²) in [4.78, 5) is 31.3. The van der Waals surface area contributed by atoms with Gasteiger partial charge < -0.3 is 14.6 Å². The van der Waals surface area contributed by atoms with Crippen LogP contribution >= 0.6 is 11.3 Å². The van der Waals surface area contributed by atoms with E-state index < -0.39 is 0 Å². The van der Waals surface area contributed by atoms with E-state index in [1.807, 2.05) is 6.92 Å². The first-order chi connectivity index (χ1) is 10.0. The quantitative estimate of drug-likeness (QED) is 0.921. The Kier molecular flexibility index (Phi) is 5.41. The Bertz CT molecular complexity index is 530. The molecular formula is C14H23N3O3S. The summed E-state index contributed by atoms with van der Waals surface area (Å²) in [6, 6.07) is 0. The molecule has 0 spiro atoms. The van der Waals surface area contributed by atoms with Crippen molar-refractivity contribution in [3.63, 3.8) is 0 Å². The summed E-state index contributed by atoms with van der Waals surface area (Å²) in [6.07, 6.45) is -0.230. The zero-order valence-corrected chi connectivity index (χ0v) is 13.7. The SMILES string of the molecule is CCOC(=O)N1CCN(Cc2sc(=O)[nH]c2C(C)C)CC1. The molecule has 7 heteroatoms. The number of hydrogen-bond donors (Lipinski definition) is 1. The molecule has 0 saturated carbocycles. The predicted molar refractivity (Wildman–Crippen MR) is 82.9 cm³/mol. The number of nitrogens with zero attached hydrogens (tertiary/aromatic N) is 2. The Morgan fingerprint density at radius 1 is 1.33 bits per heavy atom. The summed E-state index contributed by atoms with van der Waals surface area (Å²) in [6.45, 7) is 10.1. The molecule has 1 aliphatic heterocycles. The highest BCUT2D eigenvalue weighted by Crippen LogP contribution is 2.21. The molecule has 2 rings (SSSR count). The minimum atomic E-state index is -0.230. The van der Waals surface area contributed by atoms with Crippen molar-refractivity contribution in [2.45, 2.75) is 33.2 Å². The van der Waals surface area contributed by atoms with Crippen LogP contribution in [0.3, 0.4) is 0 Å². The van der Waals surface area contributed by atoms with Gasteiger partial charge in [0.1, 0.15) is 0 Å². The fourth-order valence-corrected chi connectivity index (χ4v) is 3.49. The normalized spacial score (nSPS) is 16.5. The number of hydrogen-bond acceptors (Lipinski definition) is 5. The minimum Gasteiger partial charge on any atom is -0.450 e. The van der Waals surface area contributed by atoms with Gasteiger partial charge in [-0.3, -0.25) is 9.69 Å². The molecule has 0 bridgehead atoms. The molecule has 2 heterocycles. The van der Waals surface area contributed by atoms with Crippen molar-refractivity contribution in [2.75, 3.05) is 32.8 Å². The Morgan fingerprint density at radius 3 is 2.57 bits per heavy atom. The summed E-state index contributed by atoms with van der Waals surface area (Å²) in [5, 5.41) is 0. The number of piperazine rings is 1. The van der Waals surface area contributed by atoms with Crippen molar-refractivity contribution in [1.82, 2.24) is 14.8 Å². The molecule has 0 radical (unpaired) electrons. The molecule has 1 aromatic rings. The zero-order chi connectivity index (χ0) is 15.4. The molecule has 1 fully saturated rings.